The fourth-order valence-corrected chi connectivity index (χ4v) is 3.62. The summed E-state index contributed by atoms with van der Waals surface area (Å²) in [6.07, 6.45) is 0. The van der Waals surface area contributed by atoms with Crippen molar-refractivity contribution in [3.8, 4) is 11.4 Å². The van der Waals surface area contributed by atoms with Crippen LogP contribution in [-0.4, -0.2) is 28.5 Å². The van der Waals surface area contributed by atoms with Crippen molar-refractivity contribution in [3.05, 3.63) is 96.6 Å². The predicted molar refractivity (Wildman–Crippen MR) is 124 cm³/mol. The smallest absolute Gasteiger partial charge is 0.339 e. The van der Waals surface area contributed by atoms with Gasteiger partial charge in [0.25, 0.3) is 5.91 Å². The monoisotopic (exact) mass is 421 g/mol. The van der Waals surface area contributed by atoms with Gasteiger partial charge in [0, 0.05) is 11.3 Å². The third kappa shape index (κ3) is 3.94. The maximum atomic E-state index is 12.7. The Labute approximate surface area is 183 Å². The number of aromatic amines is 1. The van der Waals surface area contributed by atoms with Crippen molar-refractivity contribution in [3.63, 3.8) is 0 Å². The Balaban J connectivity index is 1.29. The van der Waals surface area contributed by atoms with Crippen molar-refractivity contribution in [2.45, 2.75) is 0 Å². The fraction of sp³-hybridized carbons (Fsp3) is 0.0385. The molecule has 0 aliphatic carbocycles. The van der Waals surface area contributed by atoms with Crippen LogP contribution in [0.25, 0.3) is 33.2 Å². The Morgan fingerprint density at radius 1 is 0.844 bits per heavy atom. The molecule has 6 nitrogen and oxygen atoms in total. The number of ether oxygens (including phenoxy) is 1. The molecule has 0 unspecified atom stereocenters. The molecule has 5 aromatic rings. The first kappa shape index (κ1) is 19.5. The van der Waals surface area contributed by atoms with Crippen molar-refractivity contribution in [1.82, 2.24) is 9.97 Å². The van der Waals surface area contributed by atoms with Crippen LogP contribution in [0, 0.1) is 0 Å². The lowest BCUT2D eigenvalue weighted by Crippen LogP contribution is -2.21. The number of carbonyl (C=O) groups is 2. The normalized spacial score (nSPS) is 10.9. The molecule has 0 saturated carbocycles. The maximum absolute atomic E-state index is 12.7. The number of amides is 1. The Bertz CT molecular complexity index is 1420. The van der Waals surface area contributed by atoms with Crippen LogP contribution < -0.4 is 5.32 Å². The average Bonchev–Trinajstić information content (AvgIpc) is 3.27. The van der Waals surface area contributed by atoms with E-state index in [9.17, 15) is 9.59 Å². The number of imidazole rings is 1. The molecule has 0 aliphatic rings. The molecule has 6 heteroatoms. The van der Waals surface area contributed by atoms with Crippen LogP contribution in [0.5, 0.6) is 0 Å². The van der Waals surface area contributed by atoms with Crippen LogP contribution >= 0.6 is 0 Å². The molecule has 156 valence electrons. The first-order chi connectivity index (χ1) is 15.7. The minimum atomic E-state index is -0.588. The van der Waals surface area contributed by atoms with Gasteiger partial charge in [-0.25, -0.2) is 9.78 Å². The lowest BCUT2D eigenvalue weighted by Gasteiger charge is -2.09. The van der Waals surface area contributed by atoms with E-state index >= 15 is 0 Å². The molecule has 2 N–H and O–H groups in total. The van der Waals surface area contributed by atoms with Gasteiger partial charge in [-0.2, -0.15) is 0 Å². The summed E-state index contributed by atoms with van der Waals surface area (Å²) in [6, 6.07) is 28.2. The summed E-state index contributed by atoms with van der Waals surface area (Å²) in [7, 11) is 0. The minimum Gasteiger partial charge on any atom is -0.452 e. The fourth-order valence-electron chi connectivity index (χ4n) is 3.62. The highest BCUT2D eigenvalue weighted by Crippen LogP contribution is 2.24. The number of benzene rings is 4. The Morgan fingerprint density at radius 2 is 1.59 bits per heavy atom. The Morgan fingerprint density at radius 3 is 2.47 bits per heavy atom. The summed E-state index contributed by atoms with van der Waals surface area (Å²) in [5.41, 5.74) is 3.28. The highest BCUT2D eigenvalue weighted by molar-refractivity contribution is 6.00. The van der Waals surface area contributed by atoms with Gasteiger partial charge >= 0.3 is 5.97 Å². The first-order valence-corrected chi connectivity index (χ1v) is 10.2. The minimum absolute atomic E-state index is 0.338. The quantitative estimate of drug-likeness (QED) is 0.383. The van der Waals surface area contributed by atoms with Gasteiger partial charge in [-0.3, -0.25) is 4.79 Å². The molecule has 0 saturated heterocycles. The topological polar surface area (TPSA) is 84.1 Å². The zero-order valence-electron chi connectivity index (χ0n) is 17.0. The molecule has 32 heavy (non-hydrogen) atoms. The van der Waals surface area contributed by atoms with E-state index in [1.807, 2.05) is 72.8 Å². The Kier molecular flexibility index (Phi) is 5.09. The highest BCUT2D eigenvalue weighted by Gasteiger charge is 2.17. The third-order valence-corrected chi connectivity index (χ3v) is 5.16. The van der Waals surface area contributed by atoms with E-state index in [-0.39, 0.29) is 6.61 Å². The van der Waals surface area contributed by atoms with E-state index in [4.69, 9.17) is 4.74 Å². The van der Waals surface area contributed by atoms with Crippen LogP contribution in [0.2, 0.25) is 0 Å². The van der Waals surface area contributed by atoms with Crippen LogP contribution in [0.15, 0.2) is 91.0 Å². The number of rotatable bonds is 5. The number of hydrogen-bond acceptors (Lipinski definition) is 4. The van der Waals surface area contributed by atoms with E-state index in [0.29, 0.717) is 22.6 Å². The van der Waals surface area contributed by atoms with Crippen molar-refractivity contribution >= 4 is 39.4 Å². The second-order valence-electron chi connectivity index (χ2n) is 7.33. The number of fused-ring (bicyclic) bond motifs is 2. The summed E-state index contributed by atoms with van der Waals surface area (Å²) in [6.45, 7) is -0.389. The molecule has 0 spiro atoms. The van der Waals surface area contributed by atoms with Crippen LogP contribution in [0.3, 0.4) is 0 Å². The van der Waals surface area contributed by atoms with Gasteiger partial charge < -0.3 is 15.0 Å². The number of nitrogens with one attached hydrogen (secondary N) is 2. The lowest BCUT2D eigenvalue weighted by molar-refractivity contribution is -0.119. The Hall–Kier alpha value is -4.45. The summed E-state index contributed by atoms with van der Waals surface area (Å²) in [5.74, 6) is -0.427. The van der Waals surface area contributed by atoms with Crippen molar-refractivity contribution in [2.75, 3.05) is 11.9 Å². The molecular formula is C26H19N3O3. The average molecular weight is 421 g/mol. The van der Waals surface area contributed by atoms with Crippen LogP contribution in [-0.2, 0) is 9.53 Å². The summed E-state index contributed by atoms with van der Waals surface area (Å²) >= 11 is 0. The van der Waals surface area contributed by atoms with Crippen LogP contribution in [0.4, 0.5) is 5.69 Å². The highest BCUT2D eigenvalue weighted by atomic mass is 16.5. The molecule has 0 fully saturated rings. The zero-order valence-corrected chi connectivity index (χ0v) is 17.0. The van der Waals surface area contributed by atoms with Gasteiger partial charge in [-0.05, 0) is 41.1 Å². The molecule has 0 radical (unpaired) electrons. The van der Waals surface area contributed by atoms with E-state index in [2.05, 4.69) is 15.3 Å². The van der Waals surface area contributed by atoms with Gasteiger partial charge in [0.2, 0.25) is 0 Å². The second-order valence-corrected chi connectivity index (χ2v) is 7.33. The zero-order chi connectivity index (χ0) is 21.9. The van der Waals surface area contributed by atoms with Crippen molar-refractivity contribution < 1.29 is 14.3 Å². The summed E-state index contributed by atoms with van der Waals surface area (Å²) in [4.78, 5) is 32.9. The molecule has 4 aromatic carbocycles. The largest absolute Gasteiger partial charge is 0.452 e. The number of aromatic nitrogens is 2. The lowest BCUT2D eigenvalue weighted by atomic mass is 10.1. The molecular weight excluding hydrogens is 402 g/mol. The van der Waals surface area contributed by atoms with E-state index in [1.54, 1.807) is 18.2 Å². The van der Waals surface area contributed by atoms with E-state index in [0.717, 1.165) is 21.8 Å². The maximum Gasteiger partial charge on any atom is 0.339 e. The van der Waals surface area contributed by atoms with Gasteiger partial charge in [0.05, 0.1) is 16.6 Å². The second kappa shape index (κ2) is 8.35. The number of anilines is 1. The summed E-state index contributed by atoms with van der Waals surface area (Å²) in [5, 5.41) is 4.87. The van der Waals surface area contributed by atoms with E-state index in [1.165, 1.54) is 0 Å². The molecule has 5 rings (SSSR count). The molecule has 1 amide bonds. The van der Waals surface area contributed by atoms with Gasteiger partial charge in [-0.1, -0.05) is 60.7 Å². The first-order valence-electron chi connectivity index (χ1n) is 10.2. The van der Waals surface area contributed by atoms with E-state index < -0.39 is 11.9 Å². The number of H-pyrrole nitrogens is 1. The molecule has 0 aliphatic heterocycles. The predicted octanol–water partition coefficient (Wildman–Crippen LogP) is 5.18. The van der Waals surface area contributed by atoms with Gasteiger partial charge in [-0.15, -0.1) is 0 Å². The van der Waals surface area contributed by atoms with Gasteiger partial charge in [0.1, 0.15) is 5.82 Å². The molecule has 0 bridgehead atoms. The standard InChI is InChI=1S/C26H19N3O3/c30-24(27-19-14-13-17-7-1-2-8-18(17)15-19)16-32-26(31)21-10-4-3-9-20(21)25-28-22-11-5-6-12-23(22)29-25/h1-15H,16H2,(H,27,30)(H,28,29). The molecule has 0 atom stereocenters. The number of para-hydroxylation sites is 2. The van der Waals surface area contributed by atoms with Crippen molar-refractivity contribution in [1.29, 1.82) is 0 Å². The van der Waals surface area contributed by atoms with Crippen LogP contribution in [0.1, 0.15) is 10.4 Å². The SMILES string of the molecule is O=C(COC(=O)c1ccccc1-c1nc2ccccc2[nH]1)Nc1ccc2ccccc2c1. The molecule has 1 aromatic heterocycles. The van der Waals surface area contributed by atoms with Crippen molar-refractivity contribution in [2.24, 2.45) is 0 Å². The third-order valence-electron chi connectivity index (χ3n) is 5.16. The number of esters is 1. The number of nitrogens with zero attached hydrogens (tertiary/aromatic N) is 1. The number of carbonyl (C=O) groups excluding carboxylic acids is 2. The summed E-state index contributed by atoms with van der Waals surface area (Å²) < 4.78 is 5.29. The van der Waals surface area contributed by atoms with Gasteiger partial charge in [0.15, 0.2) is 6.61 Å². The molecule has 1 heterocycles. The number of hydrogen-bond donors (Lipinski definition) is 2.